The van der Waals surface area contributed by atoms with Crippen molar-refractivity contribution in [1.82, 2.24) is 0 Å². The van der Waals surface area contributed by atoms with Crippen LogP contribution in [0.15, 0.2) is 102 Å². The van der Waals surface area contributed by atoms with Crippen molar-refractivity contribution >= 4 is 41.1 Å². The van der Waals surface area contributed by atoms with Gasteiger partial charge in [0, 0.05) is 0 Å². The fourth-order valence-electron chi connectivity index (χ4n) is 4.80. The van der Waals surface area contributed by atoms with Crippen LogP contribution in [-0.2, 0) is 20.9 Å². The van der Waals surface area contributed by atoms with Crippen LogP contribution in [0.3, 0.4) is 0 Å². The third-order valence-electron chi connectivity index (χ3n) is 5.97. The molecule has 1 unspecified atom stereocenters. The first kappa shape index (κ1) is 25.3. The zero-order valence-electron chi connectivity index (χ0n) is 18.2. The van der Waals surface area contributed by atoms with Gasteiger partial charge in [0.05, 0.1) is 0 Å². The van der Waals surface area contributed by atoms with Gasteiger partial charge in [0.2, 0.25) is 0 Å². The quantitative estimate of drug-likeness (QED) is 0.408. The summed E-state index contributed by atoms with van der Waals surface area (Å²) in [6.07, 6.45) is 8.73. The third-order valence-corrected chi connectivity index (χ3v) is 27.9. The molecule has 0 spiro atoms. The second kappa shape index (κ2) is 11.1. The van der Waals surface area contributed by atoms with Gasteiger partial charge in [-0.3, -0.25) is 0 Å². The van der Waals surface area contributed by atoms with Crippen LogP contribution in [0.25, 0.3) is 0 Å². The van der Waals surface area contributed by atoms with Crippen LogP contribution in [0, 0.1) is 5.92 Å². The van der Waals surface area contributed by atoms with E-state index in [9.17, 15) is 0 Å². The summed E-state index contributed by atoms with van der Waals surface area (Å²) in [4.78, 5) is 0. The predicted molar refractivity (Wildman–Crippen MR) is 136 cm³/mol. The van der Waals surface area contributed by atoms with E-state index in [1.165, 1.54) is 12.0 Å². The molecule has 30 heavy (non-hydrogen) atoms. The van der Waals surface area contributed by atoms with Gasteiger partial charge in [-0.25, -0.2) is 0 Å². The van der Waals surface area contributed by atoms with Crippen LogP contribution >= 0.6 is 24.8 Å². The average molecular weight is 534 g/mol. The number of benzene rings is 2. The normalized spacial score (nSPS) is 17.8. The van der Waals surface area contributed by atoms with Gasteiger partial charge in [-0.2, -0.15) is 0 Å². The first-order valence-corrected chi connectivity index (χ1v) is 18.7. The Bertz CT molecular complexity index is 951. The molecule has 2 aromatic carbocycles. The van der Waals surface area contributed by atoms with E-state index in [4.69, 9.17) is 0 Å². The smallest absolute Gasteiger partial charge is 0.147 e. The van der Waals surface area contributed by atoms with Crippen LogP contribution in [0.4, 0.5) is 0 Å². The zero-order valence-corrected chi connectivity index (χ0v) is 23.4. The summed E-state index contributed by atoms with van der Waals surface area (Å²) < 4.78 is 3.67. The number of rotatable bonds is 5. The minimum atomic E-state index is -2.10. The van der Waals surface area contributed by atoms with E-state index in [0.717, 1.165) is 0 Å². The van der Waals surface area contributed by atoms with Crippen molar-refractivity contribution in [3.05, 3.63) is 102 Å². The summed E-state index contributed by atoms with van der Waals surface area (Å²) in [6.45, 7) is 9.39. The molecule has 4 heteroatoms. The largest absolute Gasteiger partial charge is 0.147 e. The first-order valence-electron chi connectivity index (χ1n) is 10.3. The van der Waals surface area contributed by atoms with Gasteiger partial charge in [0.15, 0.2) is 0 Å². The maximum Gasteiger partial charge on any atom is -0.147 e. The van der Waals surface area contributed by atoms with Crippen LogP contribution in [-0.4, -0.2) is 5.92 Å². The zero-order chi connectivity index (χ0) is 19.7. The van der Waals surface area contributed by atoms with E-state index < -0.39 is 26.8 Å². The number of hydrogen-bond acceptors (Lipinski definition) is 0. The fraction of sp³-hybridized carbons (Fsp3) is 0.231. The molecule has 4 rings (SSSR count). The number of allylic oxidation sites excluding steroid dienone is 8. The van der Waals surface area contributed by atoms with E-state index >= 15 is 0 Å². The maximum absolute atomic E-state index is 2.57. The SMILES string of the molecule is CC1=CC(C)[C]([Zr]([C]2=C(C)C=C(C)C2)[SiH](c2ccccc2)c2ccccc2)=C1.Cl.Cl. The second-order valence-electron chi connectivity index (χ2n) is 8.30. The first-order chi connectivity index (χ1) is 13.5. The minimum absolute atomic E-state index is 0. The Morgan fingerprint density at radius 3 is 1.73 bits per heavy atom. The summed E-state index contributed by atoms with van der Waals surface area (Å²) in [5.41, 5.74) is 4.60. The molecule has 0 amide bonds. The third kappa shape index (κ3) is 5.28. The minimum Gasteiger partial charge on any atom is -0.147 e. The molecule has 0 radical (unpaired) electrons. The molecule has 157 valence electrons. The Kier molecular flexibility index (Phi) is 9.37. The molecule has 0 saturated carbocycles. The summed E-state index contributed by atoms with van der Waals surface area (Å²) >= 11 is -2.10. The van der Waals surface area contributed by atoms with Crippen LogP contribution in [0.1, 0.15) is 34.1 Å². The Morgan fingerprint density at radius 2 is 1.33 bits per heavy atom. The van der Waals surface area contributed by atoms with Gasteiger partial charge in [-0.15, -0.1) is 24.8 Å². The summed E-state index contributed by atoms with van der Waals surface area (Å²) in [5.74, 6) is -0.690. The molecule has 0 aliphatic heterocycles. The van der Waals surface area contributed by atoms with Crippen LogP contribution in [0.2, 0.25) is 0 Å². The Balaban J connectivity index is 0.00000160. The standard InChI is InChI=1S/C12H11Si.2C7H9.2ClH.Zr/c1-3-7-11(8-4-1)13-12-9-5-2-6-10-12;2*1-6-3-4-7(2)5-6;;;/h1-10,13H;5H,3H2,1-2H3;3,5,7H,1-2H3;2*1H;. The van der Waals surface area contributed by atoms with Crippen molar-refractivity contribution in [3.8, 4) is 0 Å². The summed E-state index contributed by atoms with van der Waals surface area (Å²) in [5, 5.41) is 3.26. The van der Waals surface area contributed by atoms with Gasteiger partial charge in [-0.05, 0) is 0 Å². The Labute approximate surface area is 202 Å². The van der Waals surface area contributed by atoms with E-state index in [1.54, 1.807) is 21.5 Å². The Hall–Kier alpha value is -0.920. The predicted octanol–water partition coefficient (Wildman–Crippen LogP) is 6.09. The van der Waals surface area contributed by atoms with Gasteiger partial charge in [0.25, 0.3) is 0 Å². The molecular weight excluding hydrogens is 503 g/mol. The molecule has 2 aliphatic carbocycles. The summed E-state index contributed by atoms with van der Waals surface area (Å²) in [7, 11) is 0. The molecule has 1 atom stereocenters. The van der Waals surface area contributed by atoms with E-state index in [2.05, 4.69) is 107 Å². The van der Waals surface area contributed by atoms with Crippen molar-refractivity contribution in [2.45, 2.75) is 34.1 Å². The van der Waals surface area contributed by atoms with Crippen molar-refractivity contribution in [2.24, 2.45) is 5.92 Å². The van der Waals surface area contributed by atoms with E-state index in [0.29, 0.717) is 5.92 Å². The molecule has 0 aromatic heterocycles. The molecule has 0 N–H and O–H groups in total. The molecule has 2 aromatic rings. The molecular formula is C26H31Cl2SiZr. The molecule has 2 aliphatic rings. The van der Waals surface area contributed by atoms with Gasteiger partial charge >= 0.3 is 179 Å². The van der Waals surface area contributed by atoms with Gasteiger partial charge in [-0.1, -0.05) is 0 Å². The fourth-order valence-corrected chi connectivity index (χ4v) is 30.1. The molecule has 0 nitrogen and oxygen atoms in total. The molecule has 0 saturated heterocycles. The van der Waals surface area contributed by atoms with Crippen LogP contribution in [0.5, 0.6) is 0 Å². The van der Waals surface area contributed by atoms with Crippen molar-refractivity contribution in [2.75, 3.05) is 0 Å². The number of halogens is 2. The number of hydrogen-bond donors (Lipinski definition) is 0. The molecule has 0 fully saturated rings. The topological polar surface area (TPSA) is 0 Å². The Morgan fingerprint density at radius 1 is 0.800 bits per heavy atom. The molecule has 0 bridgehead atoms. The maximum atomic E-state index is 2.57. The van der Waals surface area contributed by atoms with Gasteiger partial charge in [0.1, 0.15) is 0 Å². The second-order valence-corrected chi connectivity index (χ2v) is 23.1. The van der Waals surface area contributed by atoms with Crippen molar-refractivity contribution in [3.63, 3.8) is 0 Å². The van der Waals surface area contributed by atoms with Gasteiger partial charge < -0.3 is 0 Å². The van der Waals surface area contributed by atoms with E-state index in [-0.39, 0.29) is 24.8 Å². The monoisotopic (exact) mass is 531 g/mol. The van der Waals surface area contributed by atoms with Crippen molar-refractivity contribution in [1.29, 1.82) is 0 Å². The summed E-state index contributed by atoms with van der Waals surface area (Å²) in [6, 6.07) is 23.0. The van der Waals surface area contributed by atoms with E-state index in [1.807, 2.05) is 6.56 Å². The van der Waals surface area contributed by atoms with Crippen molar-refractivity contribution < 1.29 is 20.9 Å². The average Bonchev–Trinajstić information content (AvgIpc) is 3.20. The van der Waals surface area contributed by atoms with Crippen LogP contribution < -0.4 is 10.4 Å². The molecule has 0 heterocycles.